The molecular formula is C13H16Cl2N2O. The van der Waals surface area contributed by atoms with Gasteiger partial charge in [0.1, 0.15) is 0 Å². The highest BCUT2D eigenvalue weighted by molar-refractivity contribution is 6.42. The van der Waals surface area contributed by atoms with Crippen molar-refractivity contribution in [1.82, 2.24) is 10.6 Å². The van der Waals surface area contributed by atoms with E-state index in [1.54, 1.807) is 18.2 Å². The standard InChI is InChI=1S/C13H16Cl2N2O/c1-13(4-6-16-7-5-13)17-12(18)9-2-3-10(14)11(15)8-9/h2-3,8,16H,4-7H2,1H3,(H,17,18). The van der Waals surface area contributed by atoms with Crippen LogP contribution in [0.25, 0.3) is 0 Å². The third-order valence-electron chi connectivity index (χ3n) is 3.30. The molecule has 0 atom stereocenters. The lowest BCUT2D eigenvalue weighted by Crippen LogP contribution is -2.52. The fourth-order valence-electron chi connectivity index (χ4n) is 2.09. The van der Waals surface area contributed by atoms with Crippen LogP contribution in [0.4, 0.5) is 0 Å². The molecule has 1 aliphatic heterocycles. The molecule has 1 aliphatic rings. The van der Waals surface area contributed by atoms with E-state index in [9.17, 15) is 4.79 Å². The SMILES string of the molecule is CC1(NC(=O)c2ccc(Cl)c(Cl)c2)CCNCC1. The predicted octanol–water partition coefficient (Wildman–Crippen LogP) is 2.87. The molecule has 3 nitrogen and oxygen atoms in total. The van der Waals surface area contributed by atoms with Gasteiger partial charge in [0.15, 0.2) is 0 Å². The van der Waals surface area contributed by atoms with Crippen molar-refractivity contribution in [3.8, 4) is 0 Å². The van der Waals surface area contributed by atoms with Crippen molar-refractivity contribution in [3.05, 3.63) is 33.8 Å². The summed E-state index contributed by atoms with van der Waals surface area (Å²) in [5, 5.41) is 7.22. The molecule has 1 aromatic rings. The Morgan fingerprint density at radius 3 is 2.56 bits per heavy atom. The molecule has 98 valence electrons. The first-order valence-corrected chi connectivity index (χ1v) is 6.74. The second-order valence-electron chi connectivity index (χ2n) is 4.89. The number of hydrogen-bond acceptors (Lipinski definition) is 2. The van der Waals surface area contributed by atoms with E-state index in [0.717, 1.165) is 25.9 Å². The maximum Gasteiger partial charge on any atom is 0.251 e. The summed E-state index contributed by atoms with van der Waals surface area (Å²) in [7, 11) is 0. The Labute approximate surface area is 117 Å². The highest BCUT2D eigenvalue weighted by Crippen LogP contribution is 2.23. The molecule has 0 radical (unpaired) electrons. The highest BCUT2D eigenvalue weighted by atomic mass is 35.5. The Hall–Kier alpha value is -0.770. The maximum absolute atomic E-state index is 12.1. The van der Waals surface area contributed by atoms with Crippen LogP contribution in [0.2, 0.25) is 10.0 Å². The Balaban J connectivity index is 2.09. The Bertz CT molecular complexity index is 456. The van der Waals surface area contributed by atoms with E-state index in [0.29, 0.717) is 15.6 Å². The van der Waals surface area contributed by atoms with Crippen molar-refractivity contribution >= 4 is 29.1 Å². The molecule has 1 amide bonds. The van der Waals surface area contributed by atoms with Crippen molar-refractivity contribution in [1.29, 1.82) is 0 Å². The zero-order valence-electron chi connectivity index (χ0n) is 10.2. The van der Waals surface area contributed by atoms with Gasteiger partial charge in [0.25, 0.3) is 5.91 Å². The number of nitrogens with one attached hydrogen (secondary N) is 2. The number of piperidine rings is 1. The monoisotopic (exact) mass is 286 g/mol. The van der Waals surface area contributed by atoms with E-state index in [1.165, 1.54) is 0 Å². The van der Waals surface area contributed by atoms with Gasteiger partial charge in [0.2, 0.25) is 0 Å². The van der Waals surface area contributed by atoms with E-state index in [2.05, 4.69) is 17.6 Å². The minimum absolute atomic E-state index is 0.0991. The van der Waals surface area contributed by atoms with Gasteiger partial charge < -0.3 is 10.6 Å². The number of rotatable bonds is 2. The van der Waals surface area contributed by atoms with Crippen molar-refractivity contribution in [2.75, 3.05) is 13.1 Å². The van der Waals surface area contributed by atoms with Gasteiger partial charge >= 0.3 is 0 Å². The second-order valence-corrected chi connectivity index (χ2v) is 5.71. The summed E-state index contributed by atoms with van der Waals surface area (Å²) in [6.07, 6.45) is 1.86. The summed E-state index contributed by atoms with van der Waals surface area (Å²) in [5.41, 5.74) is 0.401. The van der Waals surface area contributed by atoms with Crippen LogP contribution >= 0.6 is 23.2 Å². The van der Waals surface area contributed by atoms with E-state index in [-0.39, 0.29) is 11.4 Å². The van der Waals surface area contributed by atoms with E-state index in [4.69, 9.17) is 23.2 Å². The van der Waals surface area contributed by atoms with E-state index >= 15 is 0 Å². The van der Waals surface area contributed by atoms with Gasteiger partial charge in [0.05, 0.1) is 10.0 Å². The van der Waals surface area contributed by atoms with Crippen molar-refractivity contribution < 1.29 is 4.79 Å². The second kappa shape index (κ2) is 5.47. The van der Waals surface area contributed by atoms with Crippen LogP contribution in [0, 0.1) is 0 Å². The minimum atomic E-state index is -0.144. The van der Waals surface area contributed by atoms with Crippen molar-refractivity contribution in [2.24, 2.45) is 0 Å². The third-order valence-corrected chi connectivity index (χ3v) is 4.04. The predicted molar refractivity (Wildman–Crippen MR) is 74.4 cm³/mol. The molecule has 0 spiro atoms. The maximum atomic E-state index is 12.1. The first-order chi connectivity index (χ1) is 8.50. The van der Waals surface area contributed by atoms with Crippen molar-refractivity contribution in [3.63, 3.8) is 0 Å². The van der Waals surface area contributed by atoms with Gasteiger partial charge in [-0.2, -0.15) is 0 Å². The first-order valence-electron chi connectivity index (χ1n) is 5.98. The van der Waals surface area contributed by atoms with Crippen LogP contribution in [0.15, 0.2) is 18.2 Å². The number of hydrogen-bond donors (Lipinski definition) is 2. The van der Waals surface area contributed by atoms with Gasteiger partial charge in [-0.1, -0.05) is 23.2 Å². The number of carbonyl (C=O) groups excluding carboxylic acids is 1. The van der Waals surface area contributed by atoms with Crippen LogP contribution in [-0.2, 0) is 0 Å². The Kier molecular flexibility index (Phi) is 4.15. The minimum Gasteiger partial charge on any atom is -0.347 e. The Morgan fingerprint density at radius 2 is 1.94 bits per heavy atom. The molecule has 18 heavy (non-hydrogen) atoms. The van der Waals surface area contributed by atoms with Crippen LogP contribution in [0.5, 0.6) is 0 Å². The molecular weight excluding hydrogens is 271 g/mol. The summed E-state index contributed by atoms with van der Waals surface area (Å²) in [5.74, 6) is -0.0991. The van der Waals surface area contributed by atoms with Crippen LogP contribution < -0.4 is 10.6 Å². The normalized spacial score (nSPS) is 18.4. The summed E-state index contributed by atoms with van der Waals surface area (Å²) >= 11 is 11.7. The smallest absolute Gasteiger partial charge is 0.251 e. The molecule has 1 heterocycles. The molecule has 1 aromatic carbocycles. The Morgan fingerprint density at radius 1 is 1.28 bits per heavy atom. The molecule has 5 heteroatoms. The van der Waals surface area contributed by atoms with E-state index < -0.39 is 0 Å². The number of carbonyl (C=O) groups is 1. The molecule has 0 aliphatic carbocycles. The third kappa shape index (κ3) is 3.16. The van der Waals surface area contributed by atoms with Crippen LogP contribution in [0.3, 0.4) is 0 Å². The molecule has 0 unspecified atom stereocenters. The van der Waals surface area contributed by atoms with E-state index in [1.807, 2.05) is 0 Å². The lowest BCUT2D eigenvalue weighted by Gasteiger charge is -2.35. The summed E-state index contributed by atoms with van der Waals surface area (Å²) in [4.78, 5) is 12.1. The summed E-state index contributed by atoms with van der Waals surface area (Å²) < 4.78 is 0. The summed E-state index contributed by atoms with van der Waals surface area (Å²) in [6.45, 7) is 3.93. The van der Waals surface area contributed by atoms with Gasteiger partial charge in [0, 0.05) is 11.1 Å². The summed E-state index contributed by atoms with van der Waals surface area (Å²) in [6, 6.07) is 4.93. The van der Waals surface area contributed by atoms with Crippen molar-refractivity contribution in [2.45, 2.75) is 25.3 Å². The van der Waals surface area contributed by atoms with Gasteiger partial charge in [-0.15, -0.1) is 0 Å². The molecule has 2 N–H and O–H groups in total. The molecule has 1 fully saturated rings. The van der Waals surface area contributed by atoms with Gasteiger partial charge in [-0.05, 0) is 51.1 Å². The fraction of sp³-hybridized carbons (Fsp3) is 0.462. The lowest BCUT2D eigenvalue weighted by molar-refractivity contribution is 0.0887. The topological polar surface area (TPSA) is 41.1 Å². The van der Waals surface area contributed by atoms with Gasteiger partial charge in [-0.25, -0.2) is 0 Å². The number of amides is 1. The molecule has 0 saturated carbocycles. The highest BCUT2D eigenvalue weighted by Gasteiger charge is 2.28. The number of halogens is 2. The number of benzene rings is 1. The zero-order valence-corrected chi connectivity index (χ0v) is 11.7. The van der Waals surface area contributed by atoms with Gasteiger partial charge in [-0.3, -0.25) is 4.79 Å². The van der Waals surface area contributed by atoms with Crippen LogP contribution in [0.1, 0.15) is 30.1 Å². The molecule has 1 saturated heterocycles. The lowest BCUT2D eigenvalue weighted by atomic mass is 9.90. The molecule has 0 aromatic heterocycles. The molecule has 0 bridgehead atoms. The fourth-order valence-corrected chi connectivity index (χ4v) is 2.39. The zero-order chi connectivity index (χ0) is 13.2. The largest absolute Gasteiger partial charge is 0.347 e. The first kappa shape index (κ1) is 13.7. The molecule has 2 rings (SSSR count). The average Bonchev–Trinajstić information content (AvgIpc) is 2.33. The average molecular weight is 287 g/mol. The quantitative estimate of drug-likeness (QED) is 0.878. The van der Waals surface area contributed by atoms with Crippen LogP contribution in [-0.4, -0.2) is 24.5 Å².